The van der Waals surface area contributed by atoms with Crippen molar-refractivity contribution in [2.75, 3.05) is 62.0 Å². The van der Waals surface area contributed by atoms with E-state index in [2.05, 4.69) is 29.4 Å². The fraction of sp³-hybridized carbons (Fsp3) is 0.440. The van der Waals surface area contributed by atoms with E-state index in [4.69, 9.17) is 4.74 Å². The van der Waals surface area contributed by atoms with Crippen LogP contribution in [0.1, 0.15) is 25.0 Å². The van der Waals surface area contributed by atoms with Crippen LogP contribution in [0, 0.1) is 0 Å². The van der Waals surface area contributed by atoms with Gasteiger partial charge in [-0.15, -0.1) is 0 Å². The normalized spacial score (nSPS) is 13.8. The van der Waals surface area contributed by atoms with Crippen LogP contribution < -0.4 is 15.5 Å². The van der Waals surface area contributed by atoms with E-state index < -0.39 is 0 Å². The Morgan fingerprint density at radius 1 is 0.906 bits per heavy atom. The average molecular weight is 439 g/mol. The lowest BCUT2D eigenvalue weighted by molar-refractivity contribution is -0.119. The van der Waals surface area contributed by atoms with Gasteiger partial charge in [0.1, 0.15) is 0 Å². The van der Waals surface area contributed by atoms with Crippen LogP contribution in [0.5, 0.6) is 0 Å². The number of nitrogens with zero attached hydrogens (tertiary/aromatic N) is 2. The van der Waals surface area contributed by atoms with Crippen LogP contribution in [0.15, 0.2) is 42.5 Å². The molecule has 1 aliphatic heterocycles. The second kappa shape index (κ2) is 11.6. The summed E-state index contributed by atoms with van der Waals surface area (Å²) in [6.45, 7) is 7.66. The number of benzene rings is 2. The molecule has 0 aliphatic carbocycles. The summed E-state index contributed by atoms with van der Waals surface area (Å²) >= 11 is 0. The molecule has 0 atom stereocenters. The molecule has 7 nitrogen and oxygen atoms in total. The molecule has 0 radical (unpaired) electrons. The van der Waals surface area contributed by atoms with Gasteiger partial charge in [-0.3, -0.25) is 14.5 Å². The lowest BCUT2D eigenvalue weighted by Gasteiger charge is -2.28. The SMILES string of the molecule is CCc1cccc(CC)c1NC(=O)CN(C)CC(=O)Nc1ccc(N2CCOCC2)cc1. The van der Waals surface area contributed by atoms with Crippen molar-refractivity contribution in [3.8, 4) is 0 Å². The number of morpholine rings is 1. The van der Waals surface area contributed by atoms with Crippen molar-refractivity contribution >= 4 is 28.9 Å². The minimum absolute atomic E-state index is 0.120. The summed E-state index contributed by atoms with van der Waals surface area (Å²) in [5.74, 6) is -0.270. The van der Waals surface area contributed by atoms with E-state index in [0.717, 1.165) is 67.3 Å². The van der Waals surface area contributed by atoms with Gasteiger partial charge in [0.15, 0.2) is 0 Å². The van der Waals surface area contributed by atoms with Gasteiger partial charge in [0.05, 0.1) is 26.3 Å². The van der Waals surface area contributed by atoms with Gasteiger partial charge in [0.25, 0.3) is 0 Å². The number of anilines is 3. The van der Waals surface area contributed by atoms with Gasteiger partial charge in [-0.05, 0) is 55.3 Å². The van der Waals surface area contributed by atoms with Crippen LogP contribution in [-0.2, 0) is 27.2 Å². The van der Waals surface area contributed by atoms with Crippen LogP contribution in [-0.4, -0.2) is 63.2 Å². The number of carbonyl (C=O) groups excluding carboxylic acids is 2. The molecule has 0 aromatic heterocycles. The van der Waals surface area contributed by atoms with Gasteiger partial charge < -0.3 is 20.3 Å². The molecule has 0 spiro atoms. The molecule has 172 valence electrons. The monoisotopic (exact) mass is 438 g/mol. The molecule has 2 amide bonds. The van der Waals surface area contributed by atoms with E-state index in [0.29, 0.717) is 0 Å². The van der Waals surface area contributed by atoms with Crippen LogP contribution in [0.25, 0.3) is 0 Å². The lowest BCUT2D eigenvalue weighted by atomic mass is 10.0. The van der Waals surface area contributed by atoms with Gasteiger partial charge in [-0.25, -0.2) is 0 Å². The molecule has 1 aliphatic rings. The predicted molar refractivity (Wildman–Crippen MR) is 129 cm³/mol. The highest BCUT2D eigenvalue weighted by molar-refractivity contribution is 5.95. The smallest absolute Gasteiger partial charge is 0.238 e. The van der Waals surface area contributed by atoms with Crippen molar-refractivity contribution in [3.05, 3.63) is 53.6 Å². The third-order valence-corrected chi connectivity index (χ3v) is 5.62. The Morgan fingerprint density at radius 2 is 1.47 bits per heavy atom. The maximum atomic E-state index is 12.6. The topological polar surface area (TPSA) is 73.9 Å². The first-order chi connectivity index (χ1) is 15.5. The molecule has 2 N–H and O–H groups in total. The first-order valence-corrected chi connectivity index (χ1v) is 11.3. The summed E-state index contributed by atoms with van der Waals surface area (Å²) in [5, 5.41) is 5.95. The molecule has 0 saturated carbocycles. The van der Waals surface area contributed by atoms with E-state index >= 15 is 0 Å². The minimum Gasteiger partial charge on any atom is -0.378 e. The van der Waals surface area contributed by atoms with E-state index in [9.17, 15) is 9.59 Å². The fourth-order valence-corrected chi connectivity index (χ4v) is 3.91. The number of hydrogen-bond acceptors (Lipinski definition) is 5. The maximum Gasteiger partial charge on any atom is 0.238 e. The predicted octanol–water partition coefficient (Wildman–Crippen LogP) is 3.16. The summed E-state index contributed by atoms with van der Waals surface area (Å²) < 4.78 is 5.39. The first kappa shape index (κ1) is 23.8. The van der Waals surface area contributed by atoms with Crippen LogP contribution in [0.4, 0.5) is 17.1 Å². The summed E-state index contributed by atoms with van der Waals surface area (Å²) in [6, 6.07) is 13.9. The third-order valence-electron chi connectivity index (χ3n) is 5.62. The summed E-state index contributed by atoms with van der Waals surface area (Å²) in [4.78, 5) is 29.0. The number of aryl methyl sites for hydroxylation is 2. The Bertz CT molecular complexity index is 886. The Morgan fingerprint density at radius 3 is 2.03 bits per heavy atom. The van der Waals surface area contributed by atoms with Crippen molar-refractivity contribution in [3.63, 3.8) is 0 Å². The highest BCUT2D eigenvalue weighted by atomic mass is 16.5. The van der Waals surface area contributed by atoms with E-state index in [1.54, 1.807) is 11.9 Å². The molecule has 32 heavy (non-hydrogen) atoms. The summed E-state index contributed by atoms with van der Waals surface area (Å²) in [6.07, 6.45) is 1.71. The van der Waals surface area contributed by atoms with Gasteiger partial charge >= 0.3 is 0 Å². The molecule has 0 unspecified atom stereocenters. The number of rotatable bonds is 9. The number of hydrogen-bond donors (Lipinski definition) is 2. The molecule has 1 fully saturated rings. The molecule has 1 heterocycles. The van der Waals surface area contributed by atoms with Gasteiger partial charge in [0.2, 0.25) is 11.8 Å². The Kier molecular flexibility index (Phi) is 8.64. The van der Waals surface area contributed by atoms with Crippen LogP contribution >= 0.6 is 0 Å². The van der Waals surface area contributed by atoms with Crippen molar-refractivity contribution < 1.29 is 14.3 Å². The molecule has 0 bridgehead atoms. The molecule has 7 heteroatoms. The highest BCUT2D eigenvalue weighted by Crippen LogP contribution is 2.22. The molecular weight excluding hydrogens is 404 g/mol. The summed E-state index contributed by atoms with van der Waals surface area (Å²) in [5.41, 5.74) is 5.02. The number of likely N-dealkylation sites (N-methyl/N-ethyl adjacent to an activating group) is 1. The largest absolute Gasteiger partial charge is 0.378 e. The minimum atomic E-state index is -0.150. The zero-order valence-corrected chi connectivity index (χ0v) is 19.3. The van der Waals surface area contributed by atoms with Crippen molar-refractivity contribution in [2.45, 2.75) is 26.7 Å². The zero-order valence-electron chi connectivity index (χ0n) is 19.3. The Hall–Kier alpha value is -2.90. The molecule has 3 rings (SSSR count). The molecule has 2 aromatic carbocycles. The van der Waals surface area contributed by atoms with Crippen molar-refractivity contribution in [2.24, 2.45) is 0 Å². The van der Waals surface area contributed by atoms with Crippen molar-refractivity contribution in [1.29, 1.82) is 0 Å². The average Bonchev–Trinajstić information content (AvgIpc) is 2.80. The number of para-hydroxylation sites is 1. The van der Waals surface area contributed by atoms with Gasteiger partial charge in [0, 0.05) is 30.2 Å². The maximum absolute atomic E-state index is 12.6. The fourth-order valence-electron chi connectivity index (χ4n) is 3.91. The number of amides is 2. The molecule has 2 aromatic rings. The zero-order chi connectivity index (χ0) is 22.9. The van der Waals surface area contributed by atoms with E-state index in [-0.39, 0.29) is 24.9 Å². The second-order valence-electron chi connectivity index (χ2n) is 8.07. The number of ether oxygens (including phenoxy) is 1. The summed E-state index contributed by atoms with van der Waals surface area (Å²) in [7, 11) is 1.77. The van der Waals surface area contributed by atoms with E-state index in [1.807, 2.05) is 42.5 Å². The Balaban J connectivity index is 1.49. The number of nitrogens with one attached hydrogen (secondary N) is 2. The third kappa shape index (κ3) is 6.55. The molecule has 1 saturated heterocycles. The van der Waals surface area contributed by atoms with Crippen LogP contribution in [0.2, 0.25) is 0 Å². The van der Waals surface area contributed by atoms with Gasteiger partial charge in [-0.1, -0.05) is 32.0 Å². The number of carbonyl (C=O) groups is 2. The van der Waals surface area contributed by atoms with Crippen molar-refractivity contribution in [1.82, 2.24) is 4.90 Å². The quantitative estimate of drug-likeness (QED) is 0.629. The van der Waals surface area contributed by atoms with Crippen LogP contribution in [0.3, 0.4) is 0 Å². The highest BCUT2D eigenvalue weighted by Gasteiger charge is 2.15. The first-order valence-electron chi connectivity index (χ1n) is 11.3. The van der Waals surface area contributed by atoms with E-state index in [1.165, 1.54) is 0 Å². The second-order valence-corrected chi connectivity index (χ2v) is 8.07. The standard InChI is InChI=1S/C25H34N4O3/c1-4-19-7-6-8-20(5-2)25(19)27-24(31)18-28(3)17-23(30)26-21-9-11-22(12-10-21)29-13-15-32-16-14-29/h6-12H,4-5,13-18H2,1-3H3,(H,26,30)(H,27,31). The lowest BCUT2D eigenvalue weighted by Crippen LogP contribution is -2.36. The Labute approximate surface area is 190 Å². The van der Waals surface area contributed by atoms with Gasteiger partial charge in [-0.2, -0.15) is 0 Å². The molecular formula is C25H34N4O3.